The Labute approximate surface area is 60.8 Å². The summed E-state index contributed by atoms with van der Waals surface area (Å²) in [6, 6.07) is 0. The summed E-state index contributed by atoms with van der Waals surface area (Å²) in [6.45, 7) is 3.16. The van der Waals surface area contributed by atoms with Crippen LogP contribution in [0.3, 0.4) is 0 Å². The van der Waals surface area contributed by atoms with Crippen molar-refractivity contribution in [3.05, 3.63) is 12.7 Å². The van der Waals surface area contributed by atoms with E-state index < -0.39 is 17.3 Å². The Balaban J connectivity index is 0. The normalized spacial score (nSPS) is 10.3. The van der Waals surface area contributed by atoms with Gasteiger partial charge in [-0.15, -0.1) is 0 Å². The molecule has 0 radical (unpaired) electrons. The molecule has 1 unspecified atom stereocenters. The molecule has 0 saturated carbocycles. The molecule has 1 atom stereocenters. The highest BCUT2D eigenvalue weighted by atomic mass is 32.2. The quantitative estimate of drug-likeness (QED) is 0.328. The maximum Gasteiger partial charge on any atom is 0.329 e. The minimum absolute atomic E-state index is 0.394. The summed E-state index contributed by atoms with van der Waals surface area (Å²) in [5.41, 5.74) is 0. The maximum absolute atomic E-state index is 9.84. The van der Waals surface area contributed by atoms with Crippen LogP contribution in [0.15, 0.2) is 12.7 Å². The van der Waals surface area contributed by atoms with Crippen LogP contribution in [-0.4, -0.2) is 26.4 Å². The third kappa shape index (κ3) is 26.7. The van der Waals surface area contributed by atoms with Crippen molar-refractivity contribution in [2.45, 2.75) is 0 Å². The molecule has 0 amide bonds. The molecule has 6 heteroatoms. The van der Waals surface area contributed by atoms with E-state index in [0.29, 0.717) is 0 Å². The van der Waals surface area contributed by atoms with E-state index in [4.69, 9.17) is 13.3 Å². The third-order valence-electron chi connectivity index (χ3n) is 0.368. The van der Waals surface area contributed by atoms with Crippen molar-refractivity contribution < 1.29 is 22.8 Å². The van der Waals surface area contributed by atoms with E-state index in [1.54, 1.807) is 0 Å². The number of carbonyl (C=O) groups is 1. The first-order valence-electron chi connectivity index (χ1n) is 2.03. The molecule has 0 spiro atoms. The first-order chi connectivity index (χ1) is 4.54. The summed E-state index contributed by atoms with van der Waals surface area (Å²) in [5, 5.41) is 0. The van der Waals surface area contributed by atoms with Gasteiger partial charge in [-0.05, 0) is 0 Å². The Hall–Kier alpha value is -0.720. The van der Waals surface area contributed by atoms with Crippen molar-refractivity contribution >= 4 is 17.3 Å². The van der Waals surface area contributed by atoms with Gasteiger partial charge in [-0.25, -0.2) is 9.00 Å². The molecular formula is C4H7O5S-. The minimum atomic E-state index is -2.86. The number of carbonyl (C=O) groups excluding carboxylic acids is 1. The number of methoxy groups -OCH3 is 1. The molecule has 10 heavy (non-hydrogen) atoms. The van der Waals surface area contributed by atoms with E-state index in [9.17, 15) is 4.79 Å². The van der Waals surface area contributed by atoms with Gasteiger partial charge in [-0.1, -0.05) is 6.58 Å². The molecule has 0 bridgehead atoms. The molecule has 0 fully saturated rings. The zero-order valence-electron chi connectivity index (χ0n) is 5.27. The molecule has 0 aliphatic rings. The molecule has 0 aromatic rings. The SMILES string of the molecule is C=CC(=O)OC.O=S([O-])O. The third-order valence-corrected chi connectivity index (χ3v) is 0.368. The van der Waals surface area contributed by atoms with E-state index in [-0.39, 0.29) is 0 Å². The molecule has 0 rings (SSSR count). The standard InChI is InChI=1S/C4H6O2.H2O3S/c1-3-4(5)6-2;1-4(2)3/h3H,1H2,2H3;(H2,1,2,3)/p-1. The molecule has 0 aromatic carbocycles. The van der Waals surface area contributed by atoms with Crippen LogP contribution in [0.5, 0.6) is 0 Å². The Bertz CT molecular complexity index is 128. The smallest absolute Gasteiger partial charge is 0.329 e. The van der Waals surface area contributed by atoms with Crippen LogP contribution in [0.4, 0.5) is 0 Å². The van der Waals surface area contributed by atoms with Crippen molar-refractivity contribution in [1.82, 2.24) is 0 Å². The number of ether oxygens (including phenoxy) is 1. The van der Waals surface area contributed by atoms with Crippen molar-refractivity contribution in [2.24, 2.45) is 0 Å². The highest BCUT2D eigenvalue weighted by Gasteiger charge is 1.81. The summed E-state index contributed by atoms with van der Waals surface area (Å²) >= 11 is -2.86. The molecule has 1 N–H and O–H groups in total. The molecule has 5 nitrogen and oxygen atoms in total. The van der Waals surface area contributed by atoms with E-state index in [1.807, 2.05) is 0 Å². The van der Waals surface area contributed by atoms with Gasteiger partial charge in [0, 0.05) is 6.08 Å². The minimum Gasteiger partial charge on any atom is -0.750 e. The lowest BCUT2D eigenvalue weighted by molar-refractivity contribution is -0.134. The summed E-state index contributed by atoms with van der Waals surface area (Å²) < 4.78 is 28.2. The highest BCUT2D eigenvalue weighted by molar-refractivity contribution is 7.73. The zero-order chi connectivity index (χ0) is 8.57. The summed E-state index contributed by atoms with van der Waals surface area (Å²) in [5.74, 6) is -0.394. The van der Waals surface area contributed by atoms with E-state index in [2.05, 4.69) is 11.3 Å². The predicted molar refractivity (Wildman–Crippen MR) is 33.8 cm³/mol. The fourth-order valence-corrected chi connectivity index (χ4v) is 0.0833. The number of esters is 1. The molecule has 0 saturated heterocycles. The topological polar surface area (TPSA) is 86.7 Å². The predicted octanol–water partition coefficient (Wildman–Crippen LogP) is -0.316. The summed E-state index contributed by atoms with van der Waals surface area (Å²) in [7, 11) is 1.31. The zero-order valence-corrected chi connectivity index (χ0v) is 6.09. The number of hydrogen-bond donors (Lipinski definition) is 1. The highest BCUT2D eigenvalue weighted by Crippen LogP contribution is 1.67. The average Bonchev–Trinajstić information content (AvgIpc) is 1.85. The van der Waals surface area contributed by atoms with Gasteiger partial charge in [0.25, 0.3) is 0 Å². The second kappa shape index (κ2) is 8.28. The second-order valence-electron chi connectivity index (χ2n) is 0.944. The second-order valence-corrected chi connectivity index (χ2v) is 1.38. The number of rotatable bonds is 1. The van der Waals surface area contributed by atoms with E-state index in [0.717, 1.165) is 6.08 Å². The van der Waals surface area contributed by atoms with Crippen LogP contribution in [-0.2, 0) is 20.9 Å². The molecule has 0 aromatic heterocycles. The Morgan fingerprint density at radius 2 is 2.20 bits per heavy atom. The van der Waals surface area contributed by atoms with Crippen LogP contribution in [0.1, 0.15) is 0 Å². The van der Waals surface area contributed by atoms with E-state index in [1.165, 1.54) is 7.11 Å². The molecular weight excluding hydrogens is 160 g/mol. The fourth-order valence-electron chi connectivity index (χ4n) is 0.0833. The van der Waals surface area contributed by atoms with Gasteiger partial charge in [0.2, 0.25) is 0 Å². The van der Waals surface area contributed by atoms with Crippen molar-refractivity contribution in [3.8, 4) is 0 Å². The lowest BCUT2D eigenvalue weighted by Crippen LogP contribution is -1.91. The lowest BCUT2D eigenvalue weighted by atomic mass is 10.7. The fraction of sp³-hybridized carbons (Fsp3) is 0.250. The maximum atomic E-state index is 9.84. The first-order valence-corrected chi connectivity index (χ1v) is 3.06. The van der Waals surface area contributed by atoms with Crippen LogP contribution in [0.2, 0.25) is 0 Å². The van der Waals surface area contributed by atoms with Crippen molar-refractivity contribution in [3.63, 3.8) is 0 Å². The largest absolute Gasteiger partial charge is 0.750 e. The Morgan fingerprint density at radius 3 is 2.20 bits per heavy atom. The van der Waals surface area contributed by atoms with Gasteiger partial charge in [-0.3, -0.25) is 0 Å². The average molecular weight is 167 g/mol. The monoisotopic (exact) mass is 167 g/mol. The summed E-state index contributed by atoms with van der Waals surface area (Å²) in [4.78, 5) is 9.84. The van der Waals surface area contributed by atoms with Gasteiger partial charge in [0.1, 0.15) is 0 Å². The Morgan fingerprint density at radius 1 is 1.90 bits per heavy atom. The van der Waals surface area contributed by atoms with Gasteiger partial charge in [0.15, 0.2) is 0 Å². The molecule has 0 heterocycles. The van der Waals surface area contributed by atoms with Crippen LogP contribution < -0.4 is 0 Å². The van der Waals surface area contributed by atoms with Crippen LogP contribution in [0.25, 0.3) is 0 Å². The van der Waals surface area contributed by atoms with Gasteiger partial charge in [-0.2, -0.15) is 0 Å². The van der Waals surface area contributed by atoms with E-state index >= 15 is 0 Å². The van der Waals surface area contributed by atoms with Crippen LogP contribution in [0, 0.1) is 0 Å². The molecule has 0 aliphatic carbocycles. The molecule has 0 aliphatic heterocycles. The van der Waals surface area contributed by atoms with Gasteiger partial charge >= 0.3 is 5.97 Å². The molecule has 60 valence electrons. The van der Waals surface area contributed by atoms with Gasteiger partial charge < -0.3 is 13.8 Å². The van der Waals surface area contributed by atoms with Gasteiger partial charge in [0.05, 0.1) is 18.5 Å². The number of hydrogen-bond acceptors (Lipinski definition) is 4. The summed E-state index contributed by atoms with van der Waals surface area (Å²) in [6.07, 6.45) is 1.11. The first kappa shape index (κ1) is 12.0. The van der Waals surface area contributed by atoms with Crippen molar-refractivity contribution in [1.29, 1.82) is 0 Å². The van der Waals surface area contributed by atoms with Crippen LogP contribution >= 0.6 is 0 Å². The lowest BCUT2D eigenvalue weighted by Gasteiger charge is -1.83. The Kier molecular flexibility index (Phi) is 9.94. The van der Waals surface area contributed by atoms with Crippen molar-refractivity contribution in [2.75, 3.05) is 7.11 Å².